The van der Waals surface area contributed by atoms with Crippen LogP contribution < -0.4 is 5.73 Å². The van der Waals surface area contributed by atoms with Gasteiger partial charge >= 0.3 is 5.97 Å². The van der Waals surface area contributed by atoms with Crippen LogP contribution in [0.4, 0.5) is 5.69 Å². The summed E-state index contributed by atoms with van der Waals surface area (Å²) in [7, 11) is 0. The number of aryl methyl sites for hydroxylation is 1. The number of likely N-dealkylation sites (tertiary alicyclic amines) is 1. The minimum absolute atomic E-state index is 0.177. The van der Waals surface area contributed by atoms with Gasteiger partial charge in [0.05, 0.1) is 20.8 Å². The number of hydrogen-bond acceptors (Lipinski definition) is 6. The summed E-state index contributed by atoms with van der Waals surface area (Å²) in [5.74, 6) is -0.494. The van der Waals surface area contributed by atoms with Gasteiger partial charge in [-0.2, -0.15) is 0 Å². The smallest absolute Gasteiger partial charge is 0.338 e. The number of aromatic nitrogens is 1. The highest BCUT2D eigenvalue weighted by atomic mass is 32.1. The molecule has 1 aliphatic rings. The third-order valence-electron chi connectivity index (χ3n) is 5.28. The van der Waals surface area contributed by atoms with Gasteiger partial charge in [-0.15, -0.1) is 11.3 Å². The van der Waals surface area contributed by atoms with Crippen molar-refractivity contribution in [2.45, 2.75) is 25.7 Å². The lowest BCUT2D eigenvalue weighted by molar-refractivity contribution is -0.135. The maximum atomic E-state index is 12.6. The molecule has 7 heteroatoms. The summed E-state index contributed by atoms with van der Waals surface area (Å²) in [6.45, 7) is 2.88. The molecule has 1 fully saturated rings. The lowest BCUT2D eigenvalue weighted by Crippen LogP contribution is -2.41. The molecule has 1 aliphatic heterocycles. The van der Waals surface area contributed by atoms with E-state index in [0.29, 0.717) is 24.3 Å². The lowest BCUT2D eigenvalue weighted by Gasteiger charge is -2.31. The van der Waals surface area contributed by atoms with E-state index < -0.39 is 5.97 Å². The summed E-state index contributed by atoms with van der Waals surface area (Å²) in [6.07, 6.45) is 1.92. The quantitative estimate of drug-likeness (QED) is 0.524. The number of rotatable bonds is 4. The van der Waals surface area contributed by atoms with Crippen molar-refractivity contribution in [3.63, 3.8) is 0 Å². The zero-order valence-corrected chi connectivity index (χ0v) is 17.1. The third kappa shape index (κ3) is 4.24. The summed E-state index contributed by atoms with van der Waals surface area (Å²) in [5.41, 5.74) is 8.62. The fourth-order valence-electron chi connectivity index (χ4n) is 3.54. The first-order valence-electron chi connectivity index (χ1n) is 9.68. The van der Waals surface area contributed by atoms with E-state index in [-0.39, 0.29) is 18.4 Å². The Morgan fingerprint density at radius 1 is 1.28 bits per heavy atom. The number of amides is 1. The number of hydrogen-bond donors (Lipinski definition) is 1. The number of piperidine rings is 1. The van der Waals surface area contributed by atoms with Crippen molar-refractivity contribution < 1.29 is 14.3 Å². The molecule has 1 aromatic heterocycles. The first-order valence-corrected chi connectivity index (χ1v) is 10.5. The highest BCUT2D eigenvalue weighted by Crippen LogP contribution is 2.33. The number of anilines is 1. The van der Waals surface area contributed by atoms with Gasteiger partial charge in [0.25, 0.3) is 5.91 Å². The van der Waals surface area contributed by atoms with E-state index in [1.54, 1.807) is 34.4 Å². The van der Waals surface area contributed by atoms with E-state index in [1.807, 2.05) is 25.1 Å². The lowest BCUT2D eigenvalue weighted by atomic mass is 9.99. The van der Waals surface area contributed by atoms with Gasteiger partial charge in [-0.3, -0.25) is 4.79 Å². The van der Waals surface area contributed by atoms with Crippen LogP contribution in [0.1, 0.15) is 39.7 Å². The Hall–Kier alpha value is -2.93. The number of fused-ring (bicyclic) bond motifs is 1. The average molecular weight is 410 g/mol. The molecule has 29 heavy (non-hydrogen) atoms. The highest BCUT2D eigenvalue weighted by molar-refractivity contribution is 7.18. The molecule has 3 aromatic rings. The summed E-state index contributed by atoms with van der Waals surface area (Å²) >= 11 is 1.69. The Kier molecular flexibility index (Phi) is 5.49. The van der Waals surface area contributed by atoms with Crippen LogP contribution in [-0.2, 0) is 9.53 Å². The first-order chi connectivity index (χ1) is 14.0. The number of nitrogens with two attached hydrogens (primary N) is 1. The number of nitrogen functional groups attached to an aromatic ring is 1. The van der Waals surface area contributed by atoms with Crippen LogP contribution in [0.25, 0.3) is 10.2 Å². The van der Waals surface area contributed by atoms with Crippen LogP contribution in [0.3, 0.4) is 0 Å². The molecule has 2 N–H and O–H groups in total. The van der Waals surface area contributed by atoms with Crippen molar-refractivity contribution in [1.82, 2.24) is 9.88 Å². The van der Waals surface area contributed by atoms with Gasteiger partial charge < -0.3 is 15.4 Å². The van der Waals surface area contributed by atoms with Crippen molar-refractivity contribution >= 4 is 39.1 Å². The molecule has 150 valence electrons. The second-order valence-corrected chi connectivity index (χ2v) is 8.41. The number of esters is 1. The fraction of sp³-hybridized carbons (Fsp3) is 0.318. The van der Waals surface area contributed by atoms with Crippen LogP contribution in [0, 0.1) is 6.92 Å². The Bertz CT molecular complexity index is 1030. The van der Waals surface area contributed by atoms with Crippen LogP contribution in [0.15, 0.2) is 42.5 Å². The second kappa shape index (κ2) is 8.21. The Morgan fingerprint density at radius 3 is 2.90 bits per heavy atom. The molecule has 1 atom stereocenters. The van der Waals surface area contributed by atoms with Crippen LogP contribution in [-0.4, -0.2) is 41.5 Å². The van der Waals surface area contributed by atoms with E-state index >= 15 is 0 Å². The summed E-state index contributed by atoms with van der Waals surface area (Å²) in [6, 6.07) is 13.1. The number of thiazole rings is 1. The number of nitrogens with zero attached hydrogens (tertiary/aromatic N) is 2. The number of carbonyl (C=O) groups is 2. The number of benzene rings is 2. The molecule has 1 saturated heterocycles. The van der Waals surface area contributed by atoms with E-state index in [9.17, 15) is 9.59 Å². The molecule has 0 bridgehead atoms. The average Bonchev–Trinajstić information content (AvgIpc) is 3.18. The number of carbonyl (C=O) groups excluding carboxylic acids is 2. The topological polar surface area (TPSA) is 85.5 Å². The molecule has 2 heterocycles. The molecular formula is C22H23N3O3S. The van der Waals surface area contributed by atoms with Gasteiger partial charge in [0.1, 0.15) is 0 Å². The zero-order valence-electron chi connectivity index (χ0n) is 16.3. The van der Waals surface area contributed by atoms with Crippen molar-refractivity contribution in [1.29, 1.82) is 0 Å². The van der Waals surface area contributed by atoms with Crippen molar-refractivity contribution in [2.75, 3.05) is 25.4 Å². The molecule has 0 unspecified atom stereocenters. The van der Waals surface area contributed by atoms with Crippen LogP contribution in [0.5, 0.6) is 0 Å². The maximum Gasteiger partial charge on any atom is 0.338 e. The predicted molar refractivity (Wildman–Crippen MR) is 114 cm³/mol. The minimum atomic E-state index is -0.537. The van der Waals surface area contributed by atoms with Crippen LogP contribution >= 0.6 is 11.3 Å². The monoisotopic (exact) mass is 409 g/mol. The Labute approximate surface area is 173 Å². The summed E-state index contributed by atoms with van der Waals surface area (Å²) in [4.78, 5) is 31.4. The summed E-state index contributed by atoms with van der Waals surface area (Å²) in [5, 5.41) is 1.07. The number of ether oxygens (including phenoxy) is 1. The third-order valence-corrected chi connectivity index (χ3v) is 6.47. The zero-order chi connectivity index (χ0) is 20.4. The molecule has 0 radical (unpaired) electrons. The standard InChI is InChI=1S/C22H23N3O3S/c1-14-8-9-15(11-17(14)23)22(27)28-13-20(26)25-10-4-5-16(12-25)21-24-18-6-2-3-7-19(18)29-21/h2-3,6-9,11,16H,4-5,10,12-13,23H2,1H3/t16-/m1/s1. The van der Waals surface area contributed by atoms with Gasteiger partial charge in [0.2, 0.25) is 0 Å². The van der Waals surface area contributed by atoms with Gasteiger partial charge in [-0.05, 0) is 49.6 Å². The van der Waals surface area contributed by atoms with E-state index in [1.165, 1.54) is 0 Å². The largest absolute Gasteiger partial charge is 0.452 e. The molecule has 4 rings (SSSR count). The SMILES string of the molecule is Cc1ccc(C(=O)OCC(=O)N2CCC[C@@H](c3nc4ccccc4s3)C2)cc1N. The molecule has 0 saturated carbocycles. The molecule has 6 nitrogen and oxygen atoms in total. The van der Waals surface area contributed by atoms with Gasteiger partial charge in [0.15, 0.2) is 6.61 Å². The molecule has 2 aromatic carbocycles. The minimum Gasteiger partial charge on any atom is -0.452 e. The Morgan fingerprint density at radius 2 is 2.10 bits per heavy atom. The van der Waals surface area contributed by atoms with E-state index in [4.69, 9.17) is 15.5 Å². The maximum absolute atomic E-state index is 12.6. The van der Waals surface area contributed by atoms with Gasteiger partial charge in [0, 0.05) is 24.7 Å². The number of para-hydroxylation sites is 1. The molecule has 0 aliphatic carbocycles. The predicted octanol–water partition coefficient (Wildman–Crippen LogP) is 3.75. The summed E-state index contributed by atoms with van der Waals surface area (Å²) < 4.78 is 6.39. The molecular weight excluding hydrogens is 386 g/mol. The van der Waals surface area contributed by atoms with Gasteiger partial charge in [-0.25, -0.2) is 9.78 Å². The molecule has 1 amide bonds. The fourth-order valence-corrected chi connectivity index (χ4v) is 4.63. The van der Waals surface area contributed by atoms with Crippen molar-refractivity contribution in [3.8, 4) is 0 Å². The van der Waals surface area contributed by atoms with E-state index in [2.05, 4.69) is 6.07 Å². The van der Waals surface area contributed by atoms with Crippen molar-refractivity contribution in [3.05, 3.63) is 58.6 Å². The van der Waals surface area contributed by atoms with Crippen LogP contribution in [0.2, 0.25) is 0 Å². The normalized spacial score (nSPS) is 16.7. The molecule has 0 spiro atoms. The highest BCUT2D eigenvalue weighted by Gasteiger charge is 2.27. The first kappa shape index (κ1) is 19.4. The second-order valence-electron chi connectivity index (χ2n) is 7.35. The Balaban J connectivity index is 1.37. The van der Waals surface area contributed by atoms with Gasteiger partial charge in [-0.1, -0.05) is 18.2 Å². The van der Waals surface area contributed by atoms with Crippen molar-refractivity contribution in [2.24, 2.45) is 0 Å². The van der Waals surface area contributed by atoms with E-state index in [0.717, 1.165) is 33.6 Å².